The summed E-state index contributed by atoms with van der Waals surface area (Å²) < 4.78 is 18.6. The summed E-state index contributed by atoms with van der Waals surface area (Å²) in [5.41, 5.74) is 2.19. The van der Waals surface area contributed by atoms with E-state index in [1.165, 1.54) is 23.3 Å². The van der Waals surface area contributed by atoms with Gasteiger partial charge >= 0.3 is 5.97 Å². The van der Waals surface area contributed by atoms with Crippen molar-refractivity contribution in [1.29, 1.82) is 0 Å². The molecular weight excluding hydrogens is 755 g/mol. The number of hydrogen-bond acceptors (Lipinski definition) is 12. The number of ether oxygens (including phenoxy) is 3. The summed E-state index contributed by atoms with van der Waals surface area (Å²) in [6.07, 6.45) is 1.01. The van der Waals surface area contributed by atoms with Gasteiger partial charge in [-0.1, -0.05) is 43.3 Å². The Morgan fingerprint density at radius 1 is 1.00 bits per heavy atom. The largest absolute Gasteiger partial charge is 0.492 e. The van der Waals surface area contributed by atoms with Gasteiger partial charge in [0.1, 0.15) is 54.6 Å². The second kappa shape index (κ2) is 18.9. The Morgan fingerprint density at radius 2 is 1.79 bits per heavy atom. The highest BCUT2D eigenvalue weighted by Crippen LogP contribution is 2.24. The maximum atomic E-state index is 14.3. The van der Waals surface area contributed by atoms with Crippen LogP contribution in [0.2, 0.25) is 0 Å². The highest BCUT2D eigenvalue weighted by atomic mass is 32.1. The summed E-state index contributed by atoms with van der Waals surface area (Å²) in [4.78, 5) is 70.5. The zero-order valence-electron chi connectivity index (χ0n) is 32.0. The molecule has 4 aromatic rings. The van der Waals surface area contributed by atoms with Crippen LogP contribution < -0.4 is 25.4 Å². The third-order valence-electron chi connectivity index (χ3n) is 9.68. The van der Waals surface area contributed by atoms with Gasteiger partial charge in [0, 0.05) is 25.8 Å². The van der Waals surface area contributed by atoms with Crippen molar-refractivity contribution in [3.63, 3.8) is 0 Å². The standard InChI is InChI=1S/C40H47N7O9S/c1-24(2)16-32-39(52)47-21-28(48)19-34(47)38(51)41-31(18-26-12-15-57-23-26)37(50)43-33(40(53)54-3)17-25-8-10-29(11-9-25)55-14-13-46-20-27(44-45-46)22-56-35-7-5-4-6-30(35)36(49)42-32/h4-12,15,20,23-24,28,31-34,48H,13-14,16-19,21-22H2,1-3H3,(H,41,51)(H,42,49)(H,43,50)/t28-,31-,32+,33-,34?/m0/s1. The van der Waals surface area contributed by atoms with Crippen molar-refractivity contribution in [2.75, 3.05) is 20.3 Å². The topological polar surface area (TPSA) is 203 Å². The number of aromatic nitrogens is 3. The van der Waals surface area contributed by atoms with Gasteiger partial charge in [0.2, 0.25) is 17.7 Å². The number of carbonyl (C=O) groups excluding carboxylic acids is 5. The van der Waals surface area contributed by atoms with Crippen LogP contribution in [0.4, 0.5) is 0 Å². The molecule has 3 aliphatic rings. The number of fused-ring (bicyclic) bond motifs is 14. The van der Waals surface area contributed by atoms with E-state index in [-0.39, 0.29) is 62.7 Å². The molecule has 0 aliphatic carbocycles. The van der Waals surface area contributed by atoms with Crippen molar-refractivity contribution in [1.82, 2.24) is 35.8 Å². The molecule has 4 bridgehead atoms. The number of nitrogens with zero attached hydrogens (tertiary/aromatic N) is 4. The lowest BCUT2D eigenvalue weighted by Gasteiger charge is -2.30. The first-order chi connectivity index (χ1) is 27.5. The van der Waals surface area contributed by atoms with E-state index >= 15 is 0 Å². The number of para-hydroxylation sites is 1. The molecule has 1 fully saturated rings. The maximum Gasteiger partial charge on any atom is 0.328 e. The molecule has 57 heavy (non-hydrogen) atoms. The van der Waals surface area contributed by atoms with Gasteiger partial charge in [-0.2, -0.15) is 11.3 Å². The third kappa shape index (κ3) is 10.7. The second-order valence-corrected chi connectivity index (χ2v) is 15.3. The van der Waals surface area contributed by atoms with Crippen molar-refractivity contribution >= 4 is 40.9 Å². The first-order valence-corrected chi connectivity index (χ1v) is 19.7. The van der Waals surface area contributed by atoms with E-state index in [2.05, 4.69) is 26.3 Å². The number of aliphatic hydroxyl groups excluding tert-OH is 1. The van der Waals surface area contributed by atoms with E-state index in [0.29, 0.717) is 23.6 Å². The molecule has 3 aliphatic heterocycles. The van der Waals surface area contributed by atoms with Gasteiger partial charge in [0.05, 0.1) is 31.5 Å². The fourth-order valence-corrected chi connectivity index (χ4v) is 7.51. The predicted molar refractivity (Wildman–Crippen MR) is 207 cm³/mol. The molecule has 1 saturated heterocycles. The Bertz CT molecular complexity index is 2020. The molecule has 1 unspecified atom stereocenters. The number of benzene rings is 2. The summed E-state index contributed by atoms with van der Waals surface area (Å²) >= 11 is 1.42. The van der Waals surface area contributed by atoms with E-state index in [0.717, 1.165) is 5.56 Å². The number of nitrogens with one attached hydrogen (secondary N) is 3. The molecule has 2 aromatic heterocycles. The van der Waals surface area contributed by atoms with Crippen LogP contribution in [0.15, 0.2) is 71.6 Å². The number of methoxy groups -OCH3 is 1. The molecule has 17 heteroatoms. The average Bonchev–Trinajstić information content (AvgIpc) is 3.98. The molecule has 302 valence electrons. The van der Waals surface area contributed by atoms with Crippen LogP contribution in [-0.4, -0.2) is 105 Å². The van der Waals surface area contributed by atoms with Crippen molar-refractivity contribution < 1.29 is 43.3 Å². The van der Waals surface area contributed by atoms with Crippen LogP contribution in [0.1, 0.15) is 53.9 Å². The number of esters is 1. The van der Waals surface area contributed by atoms with Crippen molar-refractivity contribution in [3.8, 4) is 11.5 Å². The molecule has 16 nitrogen and oxygen atoms in total. The lowest BCUT2D eigenvalue weighted by atomic mass is 10.0. The van der Waals surface area contributed by atoms with Crippen LogP contribution in [0.3, 0.4) is 0 Å². The summed E-state index contributed by atoms with van der Waals surface area (Å²) in [5.74, 6) is -2.30. The number of amides is 4. The molecular formula is C40H47N7O9S. The molecule has 2 aromatic carbocycles. The summed E-state index contributed by atoms with van der Waals surface area (Å²) in [5, 5.41) is 31.2. The normalized spacial score (nSPS) is 22.6. The fraction of sp³-hybridized carbons (Fsp3) is 0.425. The third-order valence-corrected chi connectivity index (χ3v) is 10.4. The summed E-state index contributed by atoms with van der Waals surface area (Å²) in [7, 11) is 1.23. The van der Waals surface area contributed by atoms with E-state index in [4.69, 9.17) is 14.2 Å². The molecule has 0 saturated carbocycles. The van der Waals surface area contributed by atoms with Crippen molar-refractivity contribution in [2.45, 2.75) is 83.0 Å². The van der Waals surface area contributed by atoms with Crippen LogP contribution in [0, 0.1) is 5.92 Å². The quantitative estimate of drug-likeness (QED) is 0.215. The van der Waals surface area contributed by atoms with Crippen molar-refractivity contribution in [3.05, 3.63) is 93.9 Å². The molecule has 4 amide bonds. The number of thiophene rings is 1. The molecule has 0 radical (unpaired) electrons. The van der Waals surface area contributed by atoms with Gasteiger partial charge < -0.3 is 40.2 Å². The van der Waals surface area contributed by atoms with E-state index in [1.54, 1.807) is 59.4 Å². The number of rotatable bonds is 5. The summed E-state index contributed by atoms with van der Waals surface area (Å²) in [6.45, 7) is 4.32. The Morgan fingerprint density at radius 3 is 2.53 bits per heavy atom. The smallest absolute Gasteiger partial charge is 0.328 e. The summed E-state index contributed by atoms with van der Waals surface area (Å²) in [6, 6.07) is 11.0. The van der Waals surface area contributed by atoms with Gasteiger partial charge in [-0.25, -0.2) is 9.48 Å². The Hall–Kier alpha value is -5.81. The Labute approximate surface area is 333 Å². The zero-order valence-corrected chi connectivity index (χ0v) is 32.8. The first kappa shape index (κ1) is 40.8. The molecule has 0 spiro atoms. The maximum absolute atomic E-state index is 14.3. The highest BCUT2D eigenvalue weighted by molar-refractivity contribution is 7.07. The van der Waals surface area contributed by atoms with Crippen LogP contribution in [0.25, 0.3) is 0 Å². The van der Waals surface area contributed by atoms with Crippen LogP contribution >= 0.6 is 11.3 Å². The molecule has 7 rings (SSSR count). The average molecular weight is 802 g/mol. The van der Waals surface area contributed by atoms with Crippen LogP contribution in [0.5, 0.6) is 11.5 Å². The predicted octanol–water partition coefficient (Wildman–Crippen LogP) is 2.05. The Balaban J connectivity index is 1.31. The minimum absolute atomic E-state index is 0.0146. The lowest BCUT2D eigenvalue weighted by Crippen LogP contribution is -2.58. The van der Waals surface area contributed by atoms with Gasteiger partial charge in [-0.05, 0) is 64.6 Å². The fourth-order valence-electron chi connectivity index (χ4n) is 6.82. The lowest BCUT2D eigenvalue weighted by molar-refractivity contribution is -0.145. The highest BCUT2D eigenvalue weighted by Gasteiger charge is 2.43. The Kier molecular flexibility index (Phi) is 13.5. The number of aliphatic hydroxyl groups is 1. The molecule has 5 atom stereocenters. The van der Waals surface area contributed by atoms with Gasteiger partial charge in [-0.15, -0.1) is 5.10 Å². The molecule has 5 heterocycles. The van der Waals surface area contributed by atoms with Gasteiger partial charge in [0.15, 0.2) is 0 Å². The minimum atomic E-state index is -1.16. The molecule has 4 N–H and O–H groups in total. The minimum Gasteiger partial charge on any atom is -0.492 e. The van der Waals surface area contributed by atoms with Gasteiger partial charge in [0.25, 0.3) is 5.91 Å². The SMILES string of the molecule is COC(=O)[C@@H]1Cc2ccc(cc2)OCCn2cc(nn2)COc2ccccc2C(=O)N[C@H](CC(C)C)C(=O)N2C[C@@H](O)CC2C(=O)N[C@@H](Cc2ccsc2)C(=O)N1. The number of carbonyl (C=O) groups is 5. The zero-order chi connectivity index (χ0) is 40.5. The van der Waals surface area contributed by atoms with E-state index in [9.17, 15) is 29.1 Å². The number of hydrogen-bond donors (Lipinski definition) is 4. The van der Waals surface area contributed by atoms with Crippen molar-refractivity contribution in [2.24, 2.45) is 5.92 Å². The second-order valence-electron chi connectivity index (χ2n) is 14.5. The van der Waals surface area contributed by atoms with Crippen LogP contribution in [-0.2, 0) is 49.9 Å². The van der Waals surface area contributed by atoms with Gasteiger partial charge in [-0.3, -0.25) is 19.2 Å². The van der Waals surface area contributed by atoms with E-state index in [1.807, 2.05) is 30.7 Å². The monoisotopic (exact) mass is 801 g/mol. The first-order valence-electron chi connectivity index (χ1n) is 18.8. The van der Waals surface area contributed by atoms with E-state index < -0.39 is 59.9 Å².